The monoisotopic (exact) mass is 547 g/mol. The van der Waals surface area contributed by atoms with Crippen LogP contribution in [0.5, 0.6) is 0 Å². The highest BCUT2D eigenvalue weighted by molar-refractivity contribution is 6.35. The van der Waals surface area contributed by atoms with Gasteiger partial charge < -0.3 is 10.2 Å². The molecule has 3 aliphatic rings. The van der Waals surface area contributed by atoms with E-state index in [1.54, 1.807) is 18.2 Å². The largest absolute Gasteiger partial charge is 0.322 e. The van der Waals surface area contributed by atoms with Gasteiger partial charge in [0, 0.05) is 42.1 Å². The number of rotatable bonds is 4. The zero-order valence-electron chi connectivity index (χ0n) is 22.1. The molecule has 0 aromatic heterocycles. The van der Waals surface area contributed by atoms with Crippen molar-refractivity contribution in [2.24, 2.45) is 5.92 Å². The average molecular weight is 548 g/mol. The Bertz CT molecular complexity index is 1600. The van der Waals surface area contributed by atoms with Crippen molar-refractivity contribution in [3.8, 4) is 11.1 Å². The van der Waals surface area contributed by atoms with Gasteiger partial charge in [-0.05, 0) is 72.2 Å². The van der Waals surface area contributed by atoms with Gasteiger partial charge >= 0.3 is 0 Å². The van der Waals surface area contributed by atoms with Crippen molar-refractivity contribution in [2.45, 2.75) is 37.9 Å². The molecule has 2 fully saturated rings. The minimum atomic E-state index is -0.229. The van der Waals surface area contributed by atoms with Gasteiger partial charge in [-0.3, -0.25) is 14.5 Å². The second-order valence-electron chi connectivity index (χ2n) is 11.1. The second-order valence-corrected chi connectivity index (χ2v) is 11.5. The molecule has 2 heterocycles. The predicted molar refractivity (Wildman–Crippen MR) is 160 cm³/mol. The molecule has 0 radical (unpaired) electrons. The number of anilines is 2. The molecular weight excluding hydrogens is 518 g/mol. The minimum absolute atomic E-state index is 0.102. The second kappa shape index (κ2) is 10.2. The Morgan fingerprint density at radius 2 is 1.60 bits per heavy atom. The fourth-order valence-electron chi connectivity index (χ4n) is 6.93. The fraction of sp³-hybridized carbons (Fsp3) is 0.235. The maximum atomic E-state index is 14.0. The number of benzene rings is 4. The van der Waals surface area contributed by atoms with Gasteiger partial charge in [0.2, 0.25) is 0 Å². The van der Waals surface area contributed by atoms with Crippen molar-refractivity contribution >= 4 is 34.8 Å². The van der Waals surface area contributed by atoms with Crippen molar-refractivity contribution in [1.82, 2.24) is 4.90 Å². The summed E-state index contributed by atoms with van der Waals surface area (Å²) >= 11 is 6.73. The number of para-hydroxylation sites is 1. The third kappa shape index (κ3) is 4.40. The molecule has 1 saturated heterocycles. The maximum absolute atomic E-state index is 14.0. The van der Waals surface area contributed by atoms with Crippen molar-refractivity contribution in [3.63, 3.8) is 0 Å². The predicted octanol–water partition coefficient (Wildman–Crippen LogP) is 7.27. The van der Waals surface area contributed by atoms with Crippen molar-refractivity contribution in [3.05, 3.63) is 119 Å². The lowest BCUT2D eigenvalue weighted by Crippen LogP contribution is -2.46. The molecule has 40 heavy (non-hydrogen) atoms. The van der Waals surface area contributed by atoms with Crippen LogP contribution >= 0.6 is 11.6 Å². The molecule has 4 aromatic rings. The van der Waals surface area contributed by atoms with Gasteiger partial charge in [-0.1, -0.05) is 78.3 Å². The third-order valence-corrected chi connectivity index (χ3v) is 9.16. The van der Waals surface area contributed by atoms with Crippen LogP contribution in [0.15, 0.2) is 97.1 Å². The topological polar surface area (TPSA) is 52.7 Å². The first-order chi connectivity index (χ1) is 19.6. The van der Waals surface area contributed by atoms with Crippen LogP contribution in [0, 0.1) is 5.92 Å². The van der Waals surface area contributed by atoms with E-state index in [2.05, 4.69) is 22.3 Å². The van der Waals surface area contributed by atoms with E-state index in [4.69, 9.17) is 11.6 Å². The highest BCUT2D eigenvalue weighted by Gasteiger charge is 2.48. The first-order valence-electron chi connectivity index (χ1n) is 14.0. The van der Waals surface area contributed by atoms with E-state index in [-0.39, 0.29) is 11.8 Å². The van der Waals surface area contributed by atoms with E-state index < -0.39 is 0 Å². The van der Waals surface area contributed by atoms with Crippen molar-refractivity contribution in [1.29, 1.82) is 0 Å². The molecule has 4 aromatic carbocycles. The highest BCUT2D eigenvalue weighted by Crippen LogP contribution is 2.46. The Morgan fingerprint density at radius 1 is 0.825 bits per heavy atom. The van der Waals surface area contributed by atoms with Crippen LogP contribution in [0.2, 0.25) is 5.02 Å². The number of carbonyl (C=O) groups excluding carboxylic acids is 2. The Morgan fingerprint density at radius 3 is 2.45 bits per heavy atom. The lowest BCUT2D eigenvalue weighted by atomic mass is 9.98. The molecule has 3 atom stereocenters. The van der Waals surface area contributed by atoms with Gasteiger partial charge in [0.05, 0.1) is 10.6 Å². The first kappa shape index (κ1) is 25.1. The lowest BCUT2D eigenvalue weighted by molar-refractivity contribution is 0.0961. The number of nitrogens with zero attached hydrogens (tertiary/aromatic N) is 2. The van der Waals surface area contributed by atoms with Gasteiger partial charge in [-0.25, -0.2) is 0 Å². The molecule has 2 amide bonds. The van der Waals surface area contributed by atoms with Gasteiger partial charge in [-0.15, -0.1) is 0 Å². The molecule has 1 aliphatic carbocycles. The summed E-state index contributed by atoms with van der Waals surface area (Å²) in [7, 11) is 0. The number of hydrogen-bond acceptors (Lipinski definition) is 3. The van der Waals surface area contributed by atoms with Crippen molar-refractivity contribution < 1.29 is 9.59 Å². The van der Waals surface area contributed by atoms with Crippen LogP contribution in [-0.2, 0) is 6.54 Å². The van der Waals surface area contributed by atoms with E-state index in [0.29, 0.717) is 46.4 Å². The summed E-state index contributed by atoms with van der Waals surface area (Å²) in [5.41, 5.74) is 5.53. The van der Waals surface area contributed by atoms with Crippen molar-refractivity contribution in [2.75, 3.05) is 16.8 Å². The van der Waals surface area contributed by atoms with Crippen LogP contribution in [-0.4, -0.2) is 35.3 Å². The molecular formula is C34H30ClN3O2. The molecule has 1 saturated carbocycles. The van der Waals surface area contributed by atoms with Crippen LogP contribution in [0.4, 0.5) is 11.4 Å². The Balaban J connectivity index is 1.15. The standard InChI is InChI=1S/C34H30ClN3O2/c35-30-19-25(36-33(39)28-12-6-5-11-27(28)22-8-2-1-3-9-22)15-17-29(30)34(40)38-21-32-23-14-16-26(18-23)37(32)20-24-10-4-7-13-31(24)38/h1-13,15,17,19,23,26,32H,14,16,18,20-21H2,(H,36,39)/t23-,26+,32-/m0/s1. The quantitative estimate of drug-likeness (QED) is 0.292. The normalized spacial score (nSPS) is 21.4. The maximum Gasteiger partial charge on any atom is 0.259 e. The Labute approximate surface area is 239 Å². The Kier molecular flexibility index (Phi) is 6.41. The summed E-state index contributed by atoms with van der Waals surface area (Å²) in [6, 6.07) is 31.8. The first-order valence-corrected chi connectivity index (χ1v) is 14.4. The van der Waals surface area contributed by atoms with Crippen LogP contribution in [0.1, 0.15) is 45.5 Å². The summed E-state index contributed by atoms with van der Waals surface area (Å²) in [6.07, 6.45) is 3.73. The van der Waals surface area contributed by atoms with Crippen LogP contribution < -0.4 is 10.2 Å². The zero-order valence-corrected chi connectivity index (χ0v) is 22.9. The molecule has 7 rings (SSSR count). The molecule has 2 aliphatic heterocycles. The summed E-state index contributed by atoms with van der Waals surface area (Å²) in [6.45, 7) is 1.55. The van der Waals surface area contributed by atoms with Gasteiger partial charge in [-0.2, -0.15) is 0 Å². The lowest BCUT2D eigenvalue weighted by Gasteiger charge is -2.35. The van der Waals surface area contributed by atoms with E-state index in [9.17, 15) is 9.59 Å². The average Bonchev–Trinajstić information content (AvgIpc) is 3.54. The summed E-state index contributed by atoms with van der Waals surface area (Å²) in [4.78, 5) is 31.9. The number of hydrogen-bond donors (Lipinski definition) is 1. The number of carbonyl (C=O) groups is 2. The van der Waals surface area contributed by atoms with Gasteiger partial charge in [0.15, 0.2) is 0 Å². The smallest absolute Gasteiger partial charge is 0.259 e. The number of amides is 2. The summed E-state index contributed by atoms with van der Waals surface area (Å²) in [5, 5.41) is 3.30. The van der Waals surface area contributed by atoms with Crippen LogP contribution in [0.3, 0.4) is 0 Å². The highest BCUT2D eigenvalue weighted by atomic mass is 35.5. The summed E-state index contributed by atoms with van der Waals surface area (Å²) in [5.74, 6) is 0.309. The van der Waals surface area contributed by atoms with E-state index in [0.717, 1.165) is 23.4 Å². The van der Waals surface area contributed by atoms with Gasteiger partial charge in [0.1, 0.15) is 0 Å². The zero-order chi connectivity index (χ0) is 27.2. The van der Waals surface area contributed by atoms with E-state index in [1.807, 2.05) is 71.6 Å². The molecule has 5 nitrogen and oxygen atoms in total. The van der Waals surface area contributed by atoms with E-state index >= 15 is 0 Å². The summed E-state index contributed by atoms with van der Waals surface area (Å²) < 4.78 is 0. The molecule has 1 N–H and O–H groups in total. The number of halogens is 1. The molecule has 200 valence electrons. The fourth-order valence-corrected chi connectivity index (χ4v) is 7.19. The number of nitrogens with one attached hydrogen (secondary N) is 1. The molecule has 0 unspecified atom stereocenters. The Hall–Kier alpha value is -3.93. The third-order valence-electron chi connectivity index (χ3n) is 8.85. The number of piperidine rings is 1. The van der Waals surface area contributed by atoms with Gasteiger partial charge in [0.25, 0.3) is 11.8 Å². The van der Waals surface area contributed by atoms with Crippen LogP contribution in [0.25, 0.3) is 11.1 Å². The number of fused-ring (bicyclic) bond motifs is 6. The molecule has 2 bridgehead atoms. The van der Waals surface area contributed by atoms with E-state index in [1.165, 1.54) is 24.8 Å². The molecule has 0 spiro atoms. The minimum Gasteiger partial charge on any atom is -0.322 e. The molecule has 6 heteroatoms. The SMILES string of the molecule is O=C(Nc1ccc(C(=O)N2C[C@H]3[C@H]4CC[C@H](C4)N3Cc3ccccc32)c(Cl)c1)c1ccccc1-c1ccccc1.